The molecule has 2 heterocycles. The van der Waals surface area contributed by atoms with Gasteiger partial charge in [-0.25, -0.2) is 4.98 Å². The molecule has 0 atom stereocenters. The molecule has 3 aromatic rings. The second-order valence-electron chi connectivity index (χ2n) is 7.97. The van der Waals surface area contributed by atoms with E-state index in [-0.39, 0.29) is 30.7 Å². The van der Waals surface area contributed by atoms with Crippen molar-refractivity contribution >= 4 is 34.5 Å². The van der Waals surface area contributed by atoms with Crippen molar-refractivity contribution in [1.29, 1.82) is 0 Å². The summed E-state index contributed by atoms with van der Waals surface area (Å²) < 4.78 is 5.73. The predicted molar refractivity (Wildman–Crippen MR) is 110 cm³/mol. The lowest BCUT2D eigenvalue weighted by Gasteiger charge is -2.13. The summed E-state index contributed by atoms with van der Waals surface area (Å²) in [5, 5.41) is 2.85. The van der Waals surface area contributed by atoms with Crippen LogP contribution in [-0.2, 0) is 4.79 Å². The average Bonchev–Trinajstić information content (AvgIpc) is 3.45. The van der Waals surface area contributed by atoms with Crippen LogP contribution in [0.5, 0.6) is 0 Å². The first-order chi connectivity index (χ1) is 14.5. The first-order valence-corrected chi connectivity index (χ1v) is 10.2. The fraction of sp³-hybridized carbons (Fsp3) is 0.304. The average molecular weight is 403 g/mol. The van der Waals surface area contributed by atoms with Crippen molar-refractivity contribution in [3.8, 4) is 0 Å². The zero-order valence-electron chi connectivity index (χ0n) is 16.6. The lowest BCUT2D eigenvalue weighted by atomic mass is 10.1. The van der Waals surface area contributed by atoms with E-state index in [1.54, 1.807) is 24.3 Å². The number of anilines is 1. The summed E-state index contributed by atoms with van der Waals surface area (Å²) >= 11 is 0. The third-order valence-electron chi connectivity index (χ3n) is 5.53. The lowest BCUT2D eigenvalue weighted by molar-refractivity contribution is -0.116. The number of aromatic nitrogens is 1. The number of carbonyl (C=O) groups excluding carboxylic acids is 3. The first-order valence-electron chi connectivity index (χ1n) is 10.2. The van der Waals surface area contributed by atoms with Crippen LogP contribution in [0.3, 0.4) is 0 Å². The summed E-state index contributed by atoms with van der Waals surface area (Å²) in [4.78, 5) is 43.0. The van der Waals surface area contributed by atoms with Gasteiger partial charge in [-0.15, -0.1) is 0 Å². The molecule has 152 valence electrons. The molecule has 2 aliphatic rings. The van der Waals surface area contributed by atoms with Crippen LogP contribution in [0.15, 0.2) is 40.8 Å². The Bertz CT molecular complexity index is 1190. The van der Waals surface area contributed by atoms with Gasteiger partial charge < -0.3 is 9.73 Å². The number of fused-ring (bicyclic) bond motifs is 2. The van der Waals surface area contributed by atoms with Crippen molar-refractivity contribution in [2.24, 2.45) is 0 Å². The number of carbonyl (C=O) groups is 3. The minimum atomic E-state index is -0.293. The molecule has 1 N–H and O–H groups in total. The molecule has 1 aliphatic heterocycles. The molecule has 0 unspecified atom stereocenters. The van der Waals surface area contributed by atoms with Crippen LogP contribution < -0.4 is 5.32 Å². The Morgan fingerprint density at radius 3 is 2.73 bits per heavy atom. The van der Waals surface area contributed by atoms with Gasteiger partial charge in [-0.05, 0) is 56.5 Å². The first kappa shape index (κ1) is 18.5. The summed E-state index contributed by atoms with van der Waals surface area (Å²) in [5.41, 5.74) is 3.91. The molecule has 1 aliphatic carbocycles. The van der Waals surface area contributed by atoms with Gasteiger partial charge in [0.25, 0.3) is 11.8 Å². The molecule has 0 bridgehead atoms. The van der Waals surface area contributed by atoms with Gasteiger partial charge in [0.1, 0.15) is 5.52 Å². The number of hydrogen-bond donors (Lipinski definition) is 1. The number of amides is 3. The van der Waals surface area contributed by atoms with Crippen molar-refractivity contribution in [2.75, 3.05) is 11.9 Å². The van der Waals surface area contributed by atoms with Crippen molar-refractivity contribution < 1.29 is 18.8 Å². The van der Waals surface area contributed by atoms with E-state index < -0.39 is 0 Å². The van der Waals surface area contributed by atoms with E-state index in [1.165, 1.54) is 4.90 Å². The second kappa shape index (κ2) is 7.09. The van der Waals surface area contributed by atoms with Crippen LogP contribution >= 0.6 is 0 Å². The van der Waals surface area contributed by atoms with E-state index in [1.807, 2.05) is 19.1 Å². The number of imide groups is 1. The molecule has 3 amide bonds. The van der Waals surface area contributed by atoms with Crippen LogP contribution in [0.4, 0.5) is 5.69 Å². The van der Waals surface area contributed by atoms with Crippen LogP contribution in [0.25, 0.3) is 11.1 Å². The number of oxazole rings is 1. The third kappa shape index (κ3) is 3.36. The fourth-order valence-corrected chi connectivity index (χ4v) is 3.76. The maximum Gasteiger partial charge on any atom is 0.261 e. The Kier molecular flexibility index (Phi) is 4.38. The van der Waals surface area contributed by atoms with Gasteiger partial charge in [0.05, 0.1) is 11.1 Å². The van der Waals surface area contributed by atoms with E-state index in [0.29, 0.717) is 29.2 Å². The molecular weight excluding hydrogens is 382 g/mol. The highest BCUT2D eigenvalue weighted by Gasteiger charge is 2.35. The Labute approximate surface area is 173 Å². The zero-order valence-corrected chi connectivity index (χ0v) is 16.6. The summed E-state index contributed by atoms with van der Waals surface area (Å²) in [6.45, 7) is 2.10. The molecule has 1 aromatic heterocycles. The number of hydrogen-bond acceptors (Lipinski definition) is 5. The van der Waals surface area contributed by atoms with Crippen LogP contribution in [0.1, 0.15) is 63.8 Å². The number of nitrogens with one attached hydrogen (secondary N) is 1. The van der Waals surface area contributed by atoms with Crippen LogP contribution in [-0.4, -0.2) is 34.2 Å². The molecule has 7 nitrogen and oxygen atoms in total. The van der Waals surface area contributed by atoms with Gasteiger partial charge in [0.15, 0.2) is 11.5 Å². The minimum Gasteiger partial charge on any atom is -0.440 e. The molecule has 1 saturated carbocycles. The third-order valence-corrected chi connectivity index (χ3v) is 5.53. The lowest BCUT2D eigenvalue weighted by Crippen LogP contribution is -2.31. The Hall–Kier alpha value is -3.48. The fourth-order valence-electron chi connectivity index (χ4n) is 3.76. The smallest absolute Gasteiger partial charge is 0.261 e. The molecular formula is C23H21N3O4. The highest BCUT2D eigenvalue weighted by Crippen LogP contribution is 2.40. The molecule has 30 heavy (non-hydrogen) atoms. The summed E-state index contributed by atoms with van der Waals surface area (Å²) in [6.07, 6.45) is 2.83. The predicted octanol–water partition coefficient (Wildman–Crippen LogP) is 4.03. The van der Waals surface area contributed by atoms with Crippen molar-refractivity contribution in [2.45, 2.75) is 38.5 Å². The van der Waals surface area contributed by atoms with E-state index in [0.717, 1.165) is 35.4 Å². The second-order valence-corrected chi connectivity index (χ2v) is 7.97. The SMILES string of the molecule is Cc1ccc2c(c1)C(=O)N(CCCC(=O)Nc1ccc3oc(C4CC4)nc3c1)C2=O. The molecule has 1 fully saturated rings. The topological polar surface area (TPSA) is 92.5 Å². The highest BCUT2D eigenvalue weighted by atomic mass is 16.3. The Balaban J connectivity index is 1.17. The molecule has 5 rings (SSSR count). The summed E-state index contributed by atoms with van der Waals surface area (Å²) in [7, 11) is 0. The van der Waals surface area contributed by atoms with Crippen LogP contribution in [0, 0.1) is 6.92 Å². The standard InChI is InChI=1S/C23H21N3O4/c1-13-4-8-16-17(11-13)23(29)26(22(16)28)10-2-3-20(27)24-15-7-9-19-18(12-15)25-21(30-19)14-5-6-14/h4,7-9,11-12,14H,2-3,5-6,10H2,1H3,(H,24,27). The Morgan fingerprint density at radius 2 is 1.93 bits per heavy atom. The molecule has 2 aromatic carbocycles. The molecule has 0 radical (unpaired) electrons. The number of aryl methyl sites for hydroxylation is 1. The van der Waals surface area contributed by atoms with E-state index in [4.69, 9.17) is 4.42 Å². The van der Waals surface area contributed by atoms with E-state index >= 15 is 0 Å². The summed E-state index contributed by atoms with van der Waals surface area (Å²) in [5.74, 6) is 0.444. The van der Waals surface area contributed by atoms with Gasteiger partial charge in [-0.1, -0.05) is 11.6 Å². The van der Waals surface area contributed by atoms with E-state index in [2.05, 4.69) is 10.3 Å². The highest BCUT2D eigenvalue weighted by molar-refractivity contribution is 6.21. The van der Waals surface area contributed by atoms with Gasteiger partial charge in [0, 0.05) is 24.6 Å². The normalized spacial score (nSPS) is 15.7. The van der Waals surface area contributed by atoms with Gasteiger partial charge in [-0.2, -0.15) is 0 Å². The van der Waals surface area contributed by atoms with Gasteiger partial charge >= 0.3 is 0 Å². The van der Waals surface area contributed by atoms with Crippen molar-refractivity contribution in [3.05, 3.63) is 59.0 Å². The molecule has 0 saturated heterocycles. The number of nitrogens with zero attached hydrogens (tertiary/aromatic N) is 2. The van der Waals surface area contributed by atoms with Gasteiger partial charge in [-0.3, -0.25) is 19.3 Å². The minimum absolute atomic E-state index is 0.173. The molecule has 7 heteroatoms. The van der Waals surface area contributed by atoms with Gasteiger partial charge in [0.2, 0.25) is 5.91 Å². The zero-order chi connectivity index (χ0) is 20.8. The van der Waals surface area contributed by atoms with Crippen molar-refractivity contribution in [3.63, 3.8) is 0 Å². The monoisotopic (exact) mass is 403 g/mol. The van der Waals surface area contributed by atoms with Crippen molar-refractivity contribution in [1.82, 2.24) is 9.88 Å². The molecule has 0 spiro atoms. The van der Waals surface area contributed by atoms with Crippen LogP contribution in [0.2, 0.25) is 0 Å². The van der Waals surface area contributed by atoms with E-state index in [9.17, 15) is 14.4 Å². The maximum absolute atomic E-state index is 12.5. The Morgan fingerprint density at radius 1 is 1.13 bits per heavy atom. The number of rotatable bonds is 6. The largest absolute Gasteiger partial charge is 0.440 e. The maximum atomic E-state index is 12.5. The number of benzene rings is 2. The summed E-state index contributed by atoms with van der Waals surface area (Å²) in [6, 6.07) is 10.6. The quantitative estimate of drug-likeness (QED) is 0.628.